The maximum atomic E-state index is 13.7. The van der Waals surface area contributed by atoms with Crippen molar-refractivity contribution in [2.45, 2.75) is 0 Å². The summed E-state index contributed by atoms with van der Waals surface area (Å²) in [6.45, 7) is 2.88. The lowest BCUT2D eigenvalue weighted by Crippen LogP contribution is -2.44. The fourth-order valence-corrected chi connectivity index (χ4v) is 1.89. The van der Waals surface area contributed by atoms with Gasteiger partial charge in [0, 0.05) is 26.2 Å². The topological polar surface area (TPSA) is 35.9 Å². The predicted molar refractivity (Wildman–Crippen MR) is 61.5 cm³/mol. The number of anilines is 1. The molecule has 1 fully saturated rings. The number of benzene rings is 1. The van der Waals surface area contributed by atoms with Gasteiger partial charge in [0.1, 0.15) is 5.69 Å². The number of rotatable bonds is 2. The van der Waals surface area contributed by atoms with Crippen molar-refractivity contribution >= 4 is 11.4 Å². The number of halogens is 2. The van der Waals surface area contributed by atoms with Crippen LogP contribution in [0.3, 0.4) is 0 Å². The van der Waals surface area contributed by atoms with E-state index in [9.17, 15) is 13.7 Å². The van der Waals surface area contributed by atoms with Gasteiger partial charge in [0.15, 0.2) is 11.6 Å². The van der Waals surface area contributed by atoms with Gasteiger partial charge in [-0.3, -0.25) is 0 Å². The van der Waals surface area contributed by atoms with E-state index in [2.05, 4.69) is 10.1 Å². The second kappa shape index (κ2) is 4.75. The first kappa shape index (κ1) is 11.9. The van der Waals surface area contributed by atoms with Crippen LogP contribution in [0.15, 0.2) is 17.3 Å². The largest absolute Gasteiger partial charge is 0.367 e. The van der Waals surface area contributed by atoms with Crippen LogP contribution in [0.2, 0.25) is 0 Å². The van der Waals surface area contributed by atoms with E-state index >= 15 is 0 Å². The molecule has 1 aromatic rings. The monoisotopic (exact) mass is 241 g/mol. The lowest BCUT2D eigenvalue weighted by Gasteiger charge is -2.34. The van der Waals surface area contributed by atoms with E-state index in [0.717, 1.165) is 13.1 Å². The molecule has 0 saturated carbocycles. The third kappa shape index (κ3) is 2.26. The zero-order valence-electron chi connectivity index (χ0n) is 9.49. The summed E-state index contributed by atoms with van der Waals surface area (Å²) < 4.78 is 27.1. The Hall–Kier alpha value is -1.56. The highest BCUT2D eigenvalue weighted by Gasteiger charge is 2.21. The van der Waals surface area contributed by atoms with Crippen LogP contribution in [0.5, 0.6) is 0 Å². The molecule has 0 aromatic heterocycles. The Labute approximate surface area is 97.8 Å². The zero-order chi connectivity index (χ0) is 12.4. The first-order valence-corrected chi connectivity index (χ1v) is 5.38. The fraction of sp³-hybridized carbons (Fsp3) is 0.455. The Bertz CT molecular complexity index is 431. The number of nitrogens with zero attached hydrogens (tertiary/aromatic N) is 3. The van der Waals surface area contributed by atoms with Gasteiger partial charge in [0.2, 0.25) is 0 Å². The molecule has 0 spiro atoms. The molecule has 1 heterocycles. The van der Waals surface area contributed by atoms with Crippen molar-refractivity contribution in [3.8, 4) is 0 Å². The Morgan fingerprint density at radius 2 is 1.76 bits per heavy atom. The van der Waals surface area contributed by atoms with Crippen molar-refractivity contribution in [2.75, 3.05) is 38.1 Å². The molecule has 1 aromatic carbocycles. The van der Waals surface area contributed by atoms with Crippen LogP contribution < -0.4 is 4.90 Å². The van der Waals surface area contributed by atoms with Gasteiger partial charge in [-0.1, -0.05) is 0 Å². The van der Waals surface area contributed by atoms with Gasteiger partial charge in [-0.2, -0.15) is 0 Å². The molecular formula is C11H13F2N3O. The van der Waals surface area contributed by atoms with Crippen LogP contribution in [-0.4, -0.2) is 38.1 Å². The Kier molecular flexibility index (Phi) is 3.33. The minimum atomic E-state index is -1.17. The Morgan fingerprint density at radius 1 is 1.12 bits per heavy atom. The minimum Gasteiger partial charge on any atom is -0.367 e. The highest BCUT2D eigenvalue weighted by Crippen LogP contribution is 2.28. The molecule has 1 aliphatic heterocycles. The van der Waals surface area contributed by atoms with Gasteiger partial charge in [-0.15, -0.1) is 4.91 Å². The highest BCUT2D eigenvalue weighted by molar-refractivity contribution is 5.55. The van der Waals surface area contributed by atoms with Crippen molar-refractivity contribution in [1.82, 2.24) is 4.90 Å². The Balaban J connectivity index is 2.27. The summed E-state index contributed by atoms with van der Waals surface area (Å²) in [5, 5.41) is 2.44. The molecule has 4 nitrogen and oxygen atoms in total. The summed E-state index contributed by atoms with van der Waals surface area (Å²) in [4.78, 5) is 14.1. The van der Waals surface area contributed by atoms with Crippen LogP contribution in [-0.2, 0) is 0 Å². The fourth-order valence-electron chi connectivity index (χ4n) is 1.89. The van der Waals surface area contributed by atoms with Crippen molar-refractivity contribution in [3.63, 3.8) is 0 Å². The van der Waals surface area contributed by atoms with E-state index in [0.29, 0.717) is 13.1 Å². The van der Waals surface area contributed by atoms with Gasteiger partial charge >= 0.3 is 0 Å². The second-order valence-corrected chi connectivity index (χ2v) is 4.11. The van der Waals surface area contributed by atoms with Crippen LogP contribution in [0.25, 0.3) is 0 Å². The van der Waals surface area contributed by atoms with E-state index < -0.39 is 17.3 Å². The molecule has 0 radical (unpaired) electrons. The molecule has 1 aliphatic rings. The summed E-state index contributed by atoms with van der Waals surface area (Å²) >= 11 is 0. The molecule has 0 N–H and O–H groups in total. The van der Waals surface area contributed by atoms with Crippen LogP contribution in [0, 0.1) is 16.5 Å². The molecule has 6 heteroatoms. The van der Waals surface area contributed by atoms with E-state index in [-0.39, 0.29) is 5.69 Å². The standard InChI is InChI=1S/C11H13F2N3O/c1-15-4-6-16(7-5-15)9-3-2-8(14-17)10(12)11(9)13/h2-3H,4-7H2,1H3. The highest BCUT2D eigenvalue weighted by atomic mass is 19.2. The zero-order valence-corrected chi connectivity index (χ0v) is 9.49. The SMILES string of the molecule is CN1CCN(c2ccc(N=O)c(F)c2F)CC1. The lowest BCUT2D eigenvalue weighted by atomic mass is 10.2. The number of hydrogen-bond acceptors (Lipinski definition) is 4. The summed E-state index contributed by atoms with van der Waals surface area (Å²) in [5.74, 6) is -2.16. The van der Waals surface area contributed by atoms with Crippen molar-refractivity contribution in [3.05, 3.63) is 28.7 Å². The molecule has 0 aliphatic carbocycles. The van der Waals surface area contributed by atoms with Crippen molar-refractivity contribution in [1.29, 1.82) is 0 Å². The molecule has 0 atom stereocenters. The molecule has 2 rings (SSSR count). The van der Waals surface area contributed by atoms with Gasteiger partial charge in [-0.25, -0.2) is 8.78 Å². The van der Waals surface area contributed by atoms with E-state index in [1.165, 1.54) is 12.1 Å². The smallest absolute Gasteiger partial charge is 0.190 e. The third-order valence-electron chi connectivity index (χ3n) is 2.98. The summed E-state index contributed by atoms with van der Waals surface area (Å²) in [7, 11) is 1.98. The van der Waals surface area contributed by atoms with Crippen molar-refractivity contribution in [2.24, 2.45) is 5.18 Å². The average molecular weight is 241 g/mol. The van der Waals surface area contributed by atoms with E-state index in [1.807, 2.05) is 7.05 Å². The van der Waals surface area contributed by atoms with Gasteiger partial charge in [0.05, 0.1) is 5.69 Å². The summed E-state index contributed by atoms with van der Waals surface area (Å²) in [5.41, 5.74) is -0.289. The molecule has 0 bridgehead atoms. The normalized spacial score (nSPS) is 17.2. The third-order valence-corrected chi connectivity index (χ3v) is 2.98. The molecule has 1 saturated heterocycles. The molecule has 92 valence electrons. The minimum absolute atomic E-state index is 0.197. The molecule has 0 amide bonds. The first-order chi connectivity index (χ1) is 8.13. The summed E-state index contributed by atoms with van der Waals surface area (Å²) in [6.07, 6.45) is 0. The predicted octanol–water partition coefficient (Wildman–Crippen LogP) is 2.11. The number of piperazine rings is 1. The Morgan fingerprint density at radius 3 is 2.35 bits per heavy atom. The lowest BCUT2D eigenvalue weighted by molar-refractivity contribution is 0.311. The van der Waals surface area contributed by atoms with Crippen LogP contribution in [0.1, 0.15) is 0 Å². The second-order valence-electron chi connectivity index (χ2n) is 4.11. The quantitative estimate of drug-likeness (QED) is 0.744. The van der Waals surface area contributed by atoms with Crippen LogP contribution >= 0.6 is 0 Å². The molecule has 17 heavy (non-hydrogen) atoms. The maximum Gasteiger partial charge on any atom is 0.190 e. The van der Waals surface area contributed by atoms with Gasteiger partial charge < -0.3 is 9.80 Å². The maximum absolute atomic E-state index is 13.7. The number of nitroso groups, excluding NO2 is 1. The van der Waals surface area contributed by atoms with Gasteiger partial charge in [-0.05, 0) is 24.4 Å². The number of likely N-dealkylation sites (N-methyl/N-ethyl adjacent to an activating group) is 1. The van der Waals surface area contributed by atoms with Crippen molar-refractivity contribution < 1.29 is 8.78 Å². The average Bonchev–Trinajstić information content (AvgIpc) is 2.34. The van der Waals surface area contributed by atoms with E-state index in [4.69, 9.17) is 0 Å². The molecule has 0 unspecified atom stereocenters. The van der Waals surface area contributed by atoms with Gasteiger partial charge in [0.25, 0.3) is 0 Å². The van der Waals surface area contributed by atoms with E-state index in [1.54, 1.807) is 4.90 Å². The number of hydrogen-bond donors (Lipinski definition) is 0. The van der Waals surface area contributed by atoms with Crippen LogP contribution in [0.4, 0.5) is 20.2 Å². The summed E-state index contributed by atoms with van der Waals surface area (Å²) in [6, 6.07) is 2.61. The molecular weight excluding hydrogens is 228 g/mol. The first-order valence-electron chi connectivity index (χ1n) is 5.38.